The fourth-order valence-electron chi connectivity index (χ4n) is 3.04. The minimum absolute atomic E-state index is 0.0546. The zero-order valence-corrected chi connectivity index (χ0v) is 16.8. The van der Waals surface area contributed by atoms with E-state index >= 15 is 0 Å². The summed E-state index contributed by atoms with van der Waals surface area (Å²) in [6, 6.07) is 28.0. The highest BCUT2D eigenvalue weighted by Gasteiger charge is 2.21. The second-order valence-electron chi connectivity index (χ2n) is 6.57. The standard InChI is InChI=1S/C24H25N3O3/c1-2-30-24(29)25-22(19-12-6-3-7-13-19)18-23(28)26-27(20-14-8-4-9-15-20)21-16-10-5-11-17-21/h3-17,22H,2,18H2,1H3,(H,25,29)(H,26,28)/t22-/m0/s1. The molecule has 2 N–H and O–H groups in total. The number of para-hydroxylation sites is 2. The van der Waals surface area contributed by atoms with Gasteiger partial charge in [0, 0.05) is 0 Å². The zero-order valence-electron chi connectivity index (χ0n) is 16.8. The summed E-state index contributed by atoms with van der Waals surface area (Å²) in [5.41, 5.74) is 5.43. The number of nitrogens with one attached hydrogen (secondary N) is 2. The van der Waals surface area contributed by atoms with Crippen LogP contribution in [-0.2, 0) is 9.53 Å². The van der Waals surface area contributed by atoms with Gasteiger partial charge in [0.15, 0.2) is 0 Å². The summed E-state index contributed by atoms with van der Waals surface area (Å²) in [5, 5.41) is 4.51. The number of alkyl carbamates (subject to hydrolysis) is 1. The van der Waals surface area contributed by atoms with Crippen molar-refractivity contribution < 1.29 is 14.3 Å². The molecule has 3 aromatic carbocycles. The molecular weight excluding hydrogens is 378 g/mol. The maximum atomic E-state index is 13.0. The summed E-state index contributed by atoms with van der Waals surface area (Å²) in [5.74, 6) is -0.242. The van der Waals surface area contributed by atoms with Crippen molar-refractivity contribution in [2.24, 2.45) is 0 Å². The number of hydrogen-bond donors (Lipinski definition) is 2. The van der Waals surface area contributed by atoms with Crippen LogP contribution < -0.4 is 15.8 Å². The molecule has 0 aliphatic heterocycles. The summed E-state index contributed by atoms with van der Waals surface area (Å²) in [4.78, 5) is 25.0. The number of anilines is 2. The van der Waals surface area contributed by atoms with E-state index in [1.54, 1.807) is 11.9 Å². The van der Waals surface area contributed by atoms with Gasteiger partial charge in [-0.25, -0.2) is 4.79 Å². The number of rotatable bonds is 8. The highest BCUT2D eigenvalue weighted by Crippen LogP contribution is 2.23. The Hall–Kier alpha value is -3.80. The SMILES string of the molecule is CCOC(=O)N[C@@H](CC(=O)NN(c1ccccc1)c1ccccc1)c1ccccc1. The van der Waals surface area contributed by atoms with Crippen LogP contribution in [0.5, 0.6) is 0 Å². The molecule has 3 rings (SSSR count). The lowest BCUT2D eigenvalue weighted by atomic mass is 10.0. The Morgan fingerprint density at radius 1 is 0.833 bits per heavy atom. The van der Waals surface area contributed by atoms with Gasteiger partial charge >= 0.3 is 6.09 Å². The summed E-state index contributed by atoms with van der Waals surface area (Å²) in [7, 11) is 0. The third-order valence-electron chi connectivity index (χ3n) is 4.42. The van der Waals surface area contributed by atoms with E-state index in [1.807, 2.05) is 91.0 Å². The van der Waals surface area contributed by atoms with Gasteiger partial charge in [0.2, 0.25) is 5.91 Å². The molecule has 0 bridgehead atoms. The number of nitrogens with zero attached hydrogens (tertiary/aromatic N) is 1. The van der Waals surface area contributed by atoms with Crippen molar-refractivity contribution >= 4 is 23.4 Å². The Labute approximate surface area is 176 Å². The minimum Gasteiger partial charge on any atom is -0.450 e. The molecule has 1 atom stereocenters. The third kappa shape index (κ3) is 5.85. The van der Waals surface area contributed by atoms with Crippen LogP contribution in [-0.4, -0.2) is 18.6 Å². The number of amides is 2. The van der Waals surface area contributed by atoms with E-state index in [0.29, 0.717) is 0 Å². The van der Waals surface area contributed by atoms with Crippen molar-refractivity contribution in [3.8, 4) is 0 Å². The summed E-state index contributed by atoms with van der Waals surface area (Å²) in [6.07, 6.45) is -0.499. The molecule has 0 aliphatic rings. The Balaban J connectivity index is 1.79. The van der Waals surface area contributed by atoms with E-state index in [4.69, 9.17) is 4.74 Å². The quantitative estimate of drug-likeness (QED) is 0.533. The first-order valence-electron chi connectivity index (χ1n) is 9.85. The first-order chi connectivity index (χ1) is 14.7. The van der Waals surface area contributed by atoms with E-state index < -0.39 is 12.1 Å². The van der Waals surface area contributed by atoms with Crippen LogP contribution in [0.15, 0.2) is 91.0 Å². The lowest BCUT2D eigenvalue weighted by Crippen LogP contribution is -2.41. The van der Waals surface area contributed by atoms with Crippen molar-refractivity contribution in [3.05, 3.63) is 96.6 Å². The van der Waals surface area contributed by atoms with Gasteiger partial charge in [-0.2, -0.15) is 0 Å². The molecule has 30 heavy (non-hydrogen) atoms. The van der Waals surface area contributed by atoms with Gasteiger partial charge in [0.1, 0.15) is 0 Å². The van der Waals surface area contributed by atoms with Gasteiger partial charge in [-0.3, -0.25) is 15.2 Å². The smallest absolute Gasteiger partial charge is 0.407 e. The largest absolute Gasteiger partial charge is 0.450 e. The molecule has 0 saturated heterocycles. The van der Waals surface area contributed by atoms with Crippen molar-refractivity contribution in [1.82, 2.24) is 10.7 Å². The van der Waals surface area contributed by atoms with Crippen LogP contribution in [0.1, 0.15) is 24.9 Å². The second-order valence-corrected chi connectivity index (χ2v) is 6.57. The number of hydrazine groups is 1. The molecule has 6 nitrogen and oxygen atoms in total. The Kier molecular flexibility index (Phi) is 7.44. The fourth-order valence-corrected chi connectivity index (χ4v) is 3.04. The summed E-state index contributed by atoms with van der Waals surface area (Å²) < 4.78 is 5.00. The second kappa shape index (κ2) is 10.7. The van der Waals surface area contributed by atoms with Gasteiger partial charge in [0.05, 0.1) is 30.4 Å². The Bertz CT molecular complexity index is 894. The molecule has 0 radical (unpaired) electrons. The van der Waals surface area contributed by atoms with E-state index in [9.17, 15) is 9.59 Å². The number of ether oxygens (including phenoxy) is 1. The molecule has 0 aromatic heterocycles. The average Bonchev–Trinajstić information content (AvgIpc) is 2.79. The molecule has 3 aromatic rings. The summed E-state index contributed by atoms with van der Waals surface area (Å²) >= 11 is 0. The van der Waals surface area contributed by atoms with Gasteiger partial charge in [-0.05, 0) is 36.8 Å². The predicted octanol–water partition coefficient (Wildman–Crippen LogP) is 4.73. The zero-order chi connectivity index (χ0) is 21.2. The highest BCUT2D eigenvalue weighted by molar-refractivity contribution is 5.82. The van der Waals surface area contributed by atoms with Crippen LogP contribution in [0.25, 0.3) is 0 Å². The summed E-state index contributed by atoms with van der Waals surface area (Å²) in [6.45, 7) is 2.00. The Morgan fingerprint density at radius 2 is 1.33 bits per heavy atom. The number of benzene rings is 3. The molecule has 2 amide bonds. The van der Waals surface area contributed by atoms with Crippen molar-refractivity contribution in [3.63, 3.8) is 0 Å². The first-order valence-corrected chi connectivity index (χ1v) is 9.85. The molecule has 6 heteroatoms. The highest BCUT2D eigenvalue weighted by atomic mass is 16.5. The van der Waals surface area contributed by atoms with Crippen molar-refractivity contribution in [2.75, 3.05) is 11.6 Å². The average molecular weight is 403 g/mol. The molecule has 0 spiro atoms. The van der Waals surface area contributed by atoms with Crippen molar-refractivity contribution in [1.29, 1.82) is 0 Å². The van der Waals surface area contributed by atoms with Crippen molar-refractivity contribution in [2.45, 2.75) is 19.4 Å². The minimum atomic E-state index is -0.554. The van der Waals surface area contributed by atoms with Crippen LogP contribution in [0.4, 0.5) is 16.2 Å². The molecule has 0 saturated carbocycles. The van der Waals surface area contributed by atoms with Crippen LogP contribution in [0.3, 0.4) is 0 Å². The van der Waals surface area contributed by atoms with E-state index in [0.717, 1.165) is 16.9 Å². The lowest BCUT2D eigenvalue weighted by Gasteiger charge is -2.27. The predicted molar refractivity (Wildman–Crippen MR) is 117 cm³/mol. The van der Waals surface area contributed by atoms with E-state index in [-0.39, 0.29) is 18.9 Å². The first kappa shape index (κ1) is 20.9. The van der Waals surface area contributed by atoms with Crippen LogP contribution >= 0.6 is 0 Å². The van der Waals surface area contributed by atoms with Gasteiger partial charge in [-0.1, -0.05) is 66.7 Å². The fraction of sp³-hybridized carbons (Fsp3) is 0.167. The molecule has 0 heterocycles. The molecule has 154 valence electrons. The van der Waals surface area contributed by atoms with Gasteiger partial charge < -0.3 is 10.1 Å². The van der Waals surface area contributed by atoms with Gasteiger partial charge in [0.25, 0.3) is 0 Å². The number of carbonyl (C=O) groups is 2. The molecule has 0 unspecified atom stereocenters. The lowest BCUT2D eigenvalue weighted by molar-refractivity contribution is -0.121. The topological polar surface area (TPSA) is 70.7 Å². The Morgan fingerprint density at radius 3 is 1.83 bits per heavy atom. The van der Waals surface area contributed by atoms with Crippen LogP contribution in [0.2, 0.25) is 0 Å². The van der Waals surface area contributed by atoms with E-state index in [2.05, 4.69) is 10.7 Å². The molecular formula is C24H25N3O3. The number of carbonyl (C=O) groups excluding carboxylic acids is 2. The molecule has 0 fully saturated rings. The van der Waals surface area contributed by atoms with Crippen LogP contribution in [0, 0.1) is 0 Å². The monoisotopic (exact) mass is 403 g/mol. The van der Waals surface area contributed by atoms with Gasteiger partial charge in [-0.15, -0.1) is 0 Å². The molecule has 0 aliphatic carbocycles. The normalized spacial score (nSPS) is 11.2. The maximum Gasteiger partial charge on any atom is 0.407 e. The maximum absolute atomic E-state index is 13.0. The van der Waals surface area contributed by atoms with E-state index in [1.165, 1.54) is 0 Å². The third-order valence-corrected chi connectivity index (χ3v) is 4.42. The number of hydrogen-bond acceptors (Lipinski definition) is 4.